The van der Waals surface area contributed by atoms with Crippen molar-refractivity contribution in [2.45, 2.75) is 32.0 Å². The van der Waals surface area contributed by atoms with Crippen LogP contribution in [0.3, 0.4) is 0 Å². The monoisotopic (exact) mass is 300 g/mol. The molecule has 0 aliphatic carbocycles. The number of oxazole rings is 1. The second-order valence-corrected chi connectivity index (χ2v) is 5.86. The zero-order valence-electron chi connectivity index (χ0n) is 10.4. The van der Waals surface area contributed by atoms with Crippen LogP contribution >= 0.6 is 15.9 Å². The molecule has 2 rings (SSSR count). The molecule has 1 saturated heterocycles. The van der Waals surface area contributed by atoms with Crippen molar-refractivity contribution in [3.05, 3.63) is 17.3 Å². The predicted octanol–water partition coefficient (Wildman–Crippen LogP) is 2.54. The molecule has 2 unspecified atom stereocenters. The Hall–Kier alpha value is -0.840. The fourth-order valence-corrected chi connectivity index (χ4v) is 2.55. The summed E-state index contributed by atoms with van der Waals surface area (Å²) in [5.74, 6) is 1.38. The predicted molar refractivity (Wildman–Crippen MR) is 68.4 cm³/mol. The third kappa shape index (κ3) is 2.54. The van der Waals surface area contributed by atoms with E-state index in [9.17, 15) is 4.79 Å². The minimum atomic E-state index is -0.0330. The summed E-state index contributed by atoms with van der Waals surface area (Å²) >= 11 is 3.63. The summed E-state index contributed by atoms with van der Waals surface area (Å²) in [5, 5.41) is 0. The molecule has 1 aliphatic rings. The maximum atomic E-state index is 12.3. The highest BCUT2D eigenvalue weighted by atomic mass is 79.9. The maximum Gasteiger partial charge on any atom is 0.291 e. The molecule has 1 amide bonds. The Kier molecular flexibility index (Phi) is 3.56. The second-order valence-electron chi connectivity index (χ2n) is 4.68. The quantitative estimate of drug-likeness (QED) is 0.749. The molecule has 0 N–H and O–H groups in total. The topological polar surface area (TPSA) is 46.3 Å². The molecule has 1 aromatic rings. The summed E-state index contributed by atoms with van der Waals surface area (Å²) in [5.41, 5.74) is 0.682. The Labute approximate surface area is 110 Å². The lowest BCUT2D eigenvalue weighted by Gasteiger charge is -2.33. The van der Waals surface area contributed by atoms with Crippen molar-refractivity contribution in [3.8, 4) is 0 Å². The average Bonchev–Trinajstić information content (AvgIpc) is 2.61. The lowest BCUT2D eigenvalue weighted by Crippen LogP contribution is -2.43. The molecule has 94 valence electrons. The average molecular weight is 301 g/mol. The lowest BCUT2D eigenvalue weighted by atomic mass is 10.00. The number of hydrogen-bond acceptors (Lipinski definition) is 3. The van der Waals surface area contributed by atoms with Gasteiger partial charge in [0.05, 0.1) is 5.69 Å². The lowest BCUT2D eigenvalue weighted by molar-refractivity contribution is 0.0656. The largest absolute Gasteiger partial charge is 0.436 e. The second kappa shape index (κ2) is 4.80. The summed E-state index contributed by atoms with van der Waals surface area (Å²) in [7, 11) is 0. The van der Waals surface area contributed by atoms with E-state index >= 15 is 0 Å². The van der Waals surface area contributed by atoms with Crippen molar-refractivity contribution in [3.63, 3.8) is 0 Å². The third-order valence-corrected chi connectivity index (χ3v) is 4.55. The highest BCUT2D eigenvalue weighted by Gasteiger charge is 2.30. The van der Waals surface area contributed by atoms with Crippen LogP contribution in [-0.4, -0.2) is 33.7 Å². The number of rotatable bonds is 1. The highest BCUT2D eigenvalue weighted by molar-refractivity contribution is 9.09. The molecule has 0 radical (unpaired) electrons. The minimum Gasteiger partial charge on any atom is -0.436 e. The van der Waals surface area contributed by atoms with E-state index < -0.39 is 0 Å². The van der Waals surface area contributed by atoms with E-state index in [0.717, 1.165) is 19.5 Å². The zero-order chi connectivity index (χ0) is 12.6. The number of nitrogens with zero attached hydrogens (tertiary/aromatic N) is 2. The number of aromatic nitrogens is 1. The molecule has 1 aromatic heterocycles. The molecule has 0 bridgehead atoms. The number of aryl methyl sites for hydroxylation is 2. The van der Waals surface area contributed by atoms with Gasteiger partial charge in [-0.1, -0.05) is 22.9 Å². The van der Waals surface area contributed by atoms with Crippen LogP contribution in [0.5, 0.6) is 0 Å². The summed E-state index contributed by atoms with van der Waals surface area (Å²) in [6, 6.07) is 0. The smallest absolute Gasteiger partial charge is 0.291 e. The molecule has 2 heterocycles. The van der Waals surface area contributed by atoms with E-state index in [0.29, 0.717) is 28.1 Å². The standard InChI is InChI=1S/C12H17BrN2O2/c1-7-6-15(5-4-10(7)13)12(16)11-8(2)14-9(3)17-11/h7,10H,4-6H2,1-3H3. The van der Waals surface area contributed by atoms with Gasteiger partial charge in [0.2, 0.25) is 5.76 Å². The first-order valence-corrected chi connectivity index (χ1v) is 6.78. The molecule has 1 fully saturated rings. The van der Waals surface area contributed by atoms with Crippen molar-refractivity contribution in [1.29, 1.82) is 0 Å². The number of amides is 1. The van der Waals surface area contributed by atoms with Crippen LogP contribution < -0.4 is 0 Å². The van der Waals surface area contributed by atoms with Crippen LogP contribution in [0, 0.1) is 19.8 Å². The van der Waals surface area contributed by atoms with Gasteiger partial charge < -0.3 is 9.32 Å². The first-order valence-electron chi connectivity index (χ1n) is 5.86. The molecule has 0 spiro atoms. The van der Waals surface area contributed by atoms with Crippen LogP contribution in [-0.2, 0) is 0 Å². The van der Waals surface area contributed by atoms with Crippen molar-refractivity contribution in [2.24, 2.45) is 5.92 Å². The molecular formula is C12H17BrN2O2. The fraction of sp³-hybridized carbons (Fsp3) is 0.667. The molecule has 0 aromatic carbocycles. The van der Waals surface area contributed by atoms with Crippen LogP contribution in [0.2, 0.25) is 0 Å². The van der Waals surface area contributed by atoms with Crippen molar-refractivity contribution in [2.75, 3.05) is 13.1 Å². The number of carbonyl (C=O) groups excluding carboxylic acids is 1. The molecule has 5 heteroatoms. The van der Waals surface area contributed by atoms with E-state index in [1.165, 1.54) is 0 Å². The summed E-state index contributed by atoms with van der Waals surface area (Å²) in [6.07, 6.45) is 0.985. The van der Waals surface area contributed by atoms with E-state index in [-0.39, 0.29) is 5.91 Å². The number of carbonyl (C=O) groups is 1. The number of likely N-dealkylation sites (tertiary alicyclic amines) is 1. The van der Waals surface area contributed by atoms with Crippen LogP contribution in [0.1, 0.15) is 35.5 Å². The van der Waals surface area contributed by atoms with Gasteiger partial charge in [-0.05, 0) is 19.3 Å². The third-order valence-electron chi connectivity index (χ3n) is 3.19. The minimum absolute atomic E-state index is 0.0330. The Bertz CT molecular complexity index is 430. The summed E-state index contributed by atoms with van der Waals surface area (Å²) < 4.78 is 5.38. The van der Waals surface area contributed by atoms with Gasteiger partial charge in [-0.2, -0.15) is 0 Å². The van der Waals surface area contributed by atoms with E-state index in [1.54, 1.807) is 6.92 Å². The highest BCUT2D eigenvalue weighted by Crippen LogP contribution is 2.25. The summed E-state index contributed by atoms with van der Waals surface area (Å²) in [6.45, 7) is 7.27. The molecule has 0 saturated carbocycles. The molecule has 2 atom stereocenters. The van der Waals surface area contributed by atoms with Crippen molar-refractivity contribution >= 4 is 21.8 Å². The van der Waals surface area contributed by atoms with Gasteiger partial charge in [0.25, 0.3) is 5.91 Å². The molecular weight excluding hydrogens is 284 g/mol. The van der Waals surface area contributed by atoms with Crippen LogP contribution in [0.4, 0.5) is 0 Å². The fourth-order valence-electron chi connectivity index (χ4n) is 2.17. The molecule has 4 nitrogen and oxygen atoms in total. The Morgan fingerprint density at radius 3 is 2.76 bits per heavy atom. The van der Waals surface area contributed by atoms with Crippen molar-refractivity contribution in [1.82, 2.24) is 9.88 Å². The SMILES string of the molecule is Cc1nc(C)c(C(=O)N2CCC(Br)C(C)C2)o1. The van der Waals surface area contributed by atoms with Gasteiger partial charge in [-0.3, -0.25) is 4.79 Å². The van der Waals surface area contributed by atoms with Crippen molar-refractivity contribution < 1.29 is 9.21 Å². The van der Waals surface area contributed by atoms with Gasteiger partial charge >= 0.3 is 0 Å². The van der Waals surface area contributed by atoms with Crippen LogP contribution in [0.25, 0.3) is 0 Å². The Morgan fingerprint density at radius 2 is 2.24 bits per heavy atom. The van der Waals surface area contributed by atoms with E-state index in [4.69, 9.17) is 4.42 Å². The summed E-state index contributed by atoms with van der Waals surface area (Å²) in [4.78, 5) is 18.8. The number of hydrogen-bond donors (Lipinski definition) is 0. The van der Waals surface area contributed by atoms with E-state index in [1.807, 2.05) is 11.8 Å². The van der Waals surface area contributed by atoms with Gasteiger partial charge in [0.15, 0.2) is 5.89 Å². The first-order chi connectivity index (χ1) is 7.99. The van der Waals surface area contributed by atoms with Gasteiger partial charge in [-0.15, -0.1) is 0 Å². The van der Waals surface area contributed by atoms with Crippen LogP contribution in [0.15, 0.2) is 4.42 Å². The molecule has 17 heavy (non-hydrogen) atoms. The van der Waals surface area contributed by atoms with Gasteiger partial charge in [-0.25, -0.2) is 4.98 Å². The number of halogens is 1. The maximum absolute atomic E-state index is 12.3. The number of piperidine rings is 1. The zero-order valence-corrected chi connectivity index (χ0v) is 12.0. The van der Waals surface area contributed by atoms with Gasteiger partial charge in [0, 0.05) is 24.8 Å². The first kappa shape index (κ1) is 12.6. The molecule has 1 aliphatic heterocycles. The normalized spacial score (nSPS) is 25.1. The van der Waals surface area contributed by atoms with E-state index in [2.05, 4.69) is 27.8 Å². The van der Waals surface area contributed by atoms with Gasteiger partial charge in [0.1, 0.15) is 0 Å². The Morgan fingerprint density at radius 1 is 1.53 bits per heavy atom. The number of alkyl halides is 1. The Balaban J connectivity index is 2.13.